The van der Waals surface area contributed by atoms with Crippen molar-refractivity contribution in [3.63, 3.8) is 0 Å². The van der Waals surface area contributed by atoms with Gasteiger partial charge in [0.25, 0.3) is 5.71 Å². The highest BCUT2D eigenvalue weighted by molar-refractivity contribution is 6.04. The van der Waals surface area contributed by atoms with E-state index in [2.05, 4.69) is 15.1 Å². The third-order valence-electron chi connectivity index (χ3n) is 3.98. The molecule has 128 valence electrons. The highest BCUT2D eigenvalue weighted by atomic mass is 16.5. The Morgan fingerprint density at radius 1 is 1.12 bits per heavy atom. The first-order chi connectivity index (χ1) is 12.7. The van der Waals surface area contributed by atoms with Gasteiger partial charge in [-0.25, -0.2) is 9.78 Å². The molecule has 6 heteroatoms. The van der Waals surface area contributed by atoms with Gasteiger partial charge < -0.3 is 9.26 Å². The maximum atomic E-state index is 12.7. The first kappa shape index (κ1) is 16.0. The molecule has 0 fully saturated rings. The van der Waals surface area contributed by atoms with Crippen LogP contribution in [0.1, 0.15) is 21.7 Å². The molecule has 0 aliphatic carbocycles. The summed E-state index contributed by atoms with van der Waals surface area (Å²) in [5.41, 5.74) is 3.46. The Morgan fingerprint density at radius 3 is 2.69 bits per heavy atom. The summed E-state index contributed by atoms with van der Waals surface area (Å²) >= 11 is 0. The molecule has 0 atom stereocenters. The van der Waals surface area contributed by atoms with Gasteiger partial charge in [0.2, 0.25) is 0 Å². The number of carbonyl (C=O) groups is 1. The second-order valence-corrected chi connectivity index (χ2v) is 5.77. The van der Waals surface area contributed by atoms with Crippen LogP contribution in [0.25, 0.3) is 22.4 Å². The molecule has 0 radical (unpaired) electrons. The minimum absolute atomic E-state index is 0.0918. The van der Waals surface area contributed by atoms with Crippen LogP contribution in [0.4, 0.5) is 0 Å². The topological polar surface area (TPSA) is 78.1 Å². The van der Waals surface area contributed by atoms with E-state index >= 15 is 0 Å². The SMILES string of the molecule is Cc1noc2nc(-c3ccccc3)cc(C(=O)OCc3ccccn3)c12. The average Bonchev–Trinajstić information content (AvgIpc) is 3.08. The van der Waals surface area contributed by atoms with Crippen LogP contribution in [0.5, 0.6) is 0 Å². The van der Waals surface area contributed by atoms with Crippen LogP contribution in [-0.2, 0) is 11.3 Å². The fraction of sp³-hybridized carbons (Fsp3) is 0.100. The number of nitrogens with zero attached hydrogens (tertiary/aromatic N) is 3. The standard InChI is InChI=1S/C20H15N3O3/c1-13-18-16(20(24)25-12-15-9-5-6-10-21-15)11-17(22-19(18)26-23-13)14-7-3-2-4-8-14/h2-11H,12H2,1H3. The van der Waals surface area contributed by atoms with E-state index in [4.69, 9.17) is 9.26 Å². The maximum Gasteiger partial charge on any atom is 0.339 e. The molecular formula is C20H15N3O3. The van der Waals surface area contributed by atoms with E-state index in [1.165, 1.54) is 0 Å². The van der Waals surface area contributed by atoms with Gasteiger partial charge in [-0.1, -0.05) is 41.6 Å². The highest BCUT2D eigenvalue weighted by Gasteiger charge is 2.20. The quantitative estimate of drug-likeness (QED) is 0.521. The van der Waals surface area contributed by atoms with E-state index in [-0.39, 0.29) is 6.61 Å². The molecule has 0 N–H and O–H groups in total. The van der Waals surface area contributed by atoms with Crippen LogP contribution in [0.3, 0.4) is 0 Å². The van der Waals surface area contributed by atoms with E-state index < -0.39 is 5.97 Å². The van der Waals surface area contributed by atoms with E-state index in [0.717, 1.165) is 5.56 Å². The number of hydrogen-bond acceptors (Lipinski definition) is 6. The molecule has 6 nitrogen and oxygen atoms in total. The van der Waals surface area contributed by atoms with Gasteiger partial charge >= 0.3 is 5.97 Å². The molecule has 0 aliphatic heterocycles. The number of carbonyl (C=O) groups excluding carboxylic acids is 1. The fourth-order valence-corrected chi connectivity index (χ4v) is 2.71. The van der Waals surface area contributed by atoms with E-state index in [1.54, 1.807) is 25.3 Å². The van der Waals surface area contributed by atoms with E-state index in [9.17, 15) is 4.79 Å². The lowest BCUT2D eigenvalue weighted by atomic mass is 10.1. The van der Waals surface area contributed by atoms with Gasteiger partial charge in [0, 0.05) is 11.8 Å². The van der Waals surface area contributed by atoms with Gasteiger partial charge in [0.05, 0.1) is 28.0 Å². The zero-order valence-electron chi connectivity index (χ0n) is 14.0. The van der Waals surface area contributed by atoms with Gasteiger partial charge in [-0.2, -0.15) is 0 Å². The van der Waals surface area contributed by atoms with Crippen molar-refractivity contribution in [2.45, 2.75) is 13.5 Å². The van der Waals surface area contributed by atoms with Crippen molar-refractivity contribution < 1.29 is 14.1 Å². The molecular weight excluding hydrogens is 330 g/mol. The van der Waals surface area contributed by atoms with E-state index in [0.29, 0.717) is 33.7 Å². The Morgan fingerprint density at radius 2 is 1.92 bits per heavy atom. The molecule has 0 saturated heterocycles. The smallest absolute Gasteiger partial charge is 0.339 e. The monoisotopic (exact) mass is 345 g/mol. The Bertz CT molecular complexity index is 1060. The number of ether oxygens (including phenoxy) is 1. The van der Waals surface area contributed by atoms with Crippen molar-refractivity contribution in [3.8, 4) is 11.3 Å². The number of aromatic nitrogens is 3. The first-order valence-corrected chi connectivity index (χ1v) is 8.12. The summed E-state index contributed by atoms with van der Waals surface area (Å²) in [6, 6.07) is 16.7. The minimum atomic E-state index is -0.466. The average molecular weight is 345 g/mol. The van der Waals surface area contributed by atoms with Crippen LogP contribution >= 0.6 is 0 Å². The number of benzene rings is 1. The summed E-state index contributed by atoms with van der Waals surface area (Å²) in [5, 5.41) is 4.50. The molecule has 0 saturated carbocycles. The van der Waals surface area contributed by atoms with Gasteiger partial charge in [-0.05, 0) is 25.1 Å². The molecule has 3 heterocycles. The Kier molecular flexibility index (Phi) is 4.15. The molecule has 0 bridgehead atoms. The second-order valence-electron chi connectivity index (χ2n) is 5.77. The van der Waals surface area contributed by atoms with Crippen LogP contribution in [0.15, 0.2) is 65.3 Å². The van der Waals surface area contributed by atoms with Crippen molar-refractivity contribution in [1.82, 2.24) is 15.1 Å². The number of hydrogen-bond donors (Lipinski definition) is 0. The summed E-state index contributed by atoms with van der Waals surface area (Å²) < 4.78 is 10.7. The number of aryl methyl sites for hydroxylation is 1. The van der Waals surface area contributed by atoms with Crippen molar-refractivity contribution >= 4 is 17.1 Å². The molecule has 4 rings (SSSR count). The fourth-order valence-electron chi connectivity index (χ4n) is 2.71. The summed E-state index contributed by atoms with van der Waals surface area (Å²) in [6.45, 7) is 1.86. The minimum Gasteiger partial charge on any atom is -0.456 e. The third-order valence-corrected chi connectivity index (χ3v) is 3.98. The first-order valence-electron chi connectivity index (χ1n) is 8.12. The molecule has 26 heavy (non-hydrogen) atoms. The second kappa shape index (κ2) is 6.76. The Labute approximate surface area is 149 Å². The largest absolute Gasteiger partial charge is 0.456 e. The molecule has 4 aromatic rings. The van der Waals surface area contributed by atoms with Crippen LogP contribution in [0, 0.1) is 6.92 Å². The molecule has 0 spiro atoms. The summed E-state index contributed by atoms with van der Waals surface area (Å²) in [5.74, 6) is -0.466. The normalized spacial score (nSPS) is 10.8. The predicted molar refractivity (Wildman–Crippen MR) is 95.3 cm³/mol. The van der Waals surface area contributed by atoms with Crippen molar-refractivity contribution in [2.24, 2.45) is 0 Å². The lowest BCUT2D eigenvalue weighted by Gasteiger charge is -2.07. The summed E-state index contributed by atoms with van der Waals surface area (Å²) in [6.07, 6.45) is 1.66. The number of fused-ring (bicyclic) bond motifs is 1. The van der Waals surface area contributed by atoms with Gasteiger partial charge in [-0.3, -0.25) is 4.98 Å². The van der Waals surface area contributed by atoms with E-state index in [1.807, 2.05) is 42.5 Å². The predicted octanol–water partition coefficient (Wildman–Crippen LogP) is 3.95. The number of pyridine rings is 2. The zero-order chi connectivity index (χ0) is 17.9. The molecule has 1 aromatic carbocycles. The molecule has 0 aliphatic rings. The molecule has 0 unspecified atom stereocenters. The Hall–Kier alpha value is -3.54. The molecule has 0 amide bonds. The van der Waals surface area contributed by atoms with Crippen molar-refractivity contribution in [1.29, 1.82) is 0 Å². The van der Waals surface area contributed by atoms with Crippen molar-refractivity contribution in [2.75, 3.05) is 0 Å². The molecule has 3 aromatic heterocycles. The summed E-state index contributed by atoms with van der Waals surface area (Å²) in [7, 11) is 0. The van der Waals surface area contributed by atoms with Crippen LogP contribution < -0.4 is 0 Å². The van der Waals surface area contributed by atoms with Gasteiger partial charge in [0.1, 0.15) is 6.61 Å². The number of rotatable bonds is 4. The lowest BCUT2D eigenvalue weighted by Crippen LogP contribution is -2.07. The Balaban J connectivity index is 1.72. The highest BCUT2D eigenvalue weighted by Crippen LogP contribution is 2.27. The van der Waals surface area contributed by atoms with Crippen molar-refractivity contribution in [3.05, 3.63) is 77.7 Å². The lowest BCUT2D eigenvalue weighted by molar-refractivity contribution is 0.0470. The van der Waals surface area contributed by atoms with Gasteiger partial charge in [0.15, 0.2) is 0 Å². The number of esters is 1. The van der Waals surface area contributed by atoms with Gasteiger partial charge in [-0.15, -0.1) is 0 Å². The third kappa shape index (κ3) is 3.04. The maximum absolute atomic E-state index is 12.7. The van der Waals surface area contributed by atoms with Crippen LogP contribution in [-0.4, -0.2) is 21.1 Å². The summed E-state index contributed by atoms with van der Waals surface area (Å²) in [4.78, 5) is 21.4. The zero-order valence-corrected chi connectivity index (χ0v) is 14.0. The van der Waals surface area contributed by atoms with Crippen LogP contribution in [0.2, 0.25) is 0 Å².